The normalized spacial score (nSPS) is 14.8. The van der Waals surface area contributed by atoms with Crippen LogP contribution in [0.4, 0.5) is 23.2 Å². The summed E-state index contributed by atoms with van der Waals surface area (Å²) in [6.07, 6.45) is -4.62. The van der Waals surface area contributed by atoms with Gasteiger partial charge in [0.05, 0.1) is 0 Å². The van der Waals surface area contributed by atoms with Crippen LogP contribution in [-0.4, -0.2) is 24.8 Å². The Labute approximate surface area is 122 Å². The lowest BCUT2D eigenvalue weighted by Crippen LogP contribution is -2.52. The third kappa shape index (κ3) is 5.19. The van der Waals surface area contributed by atoms with Crippen molar-refractivity contribution in [3.63, 3.8) is 0 Å². The predicted molar refractivity (Wildman–Crippen MR) is 76.8 cm³/mol. The summed E-state index contributed by atoms with van der Waals surface area (Å²) < 4.78 is 49.9. The van der Waals surface area contributed by atoms with Gasteiger partial charge in [0.2, 0.25) is 0 Å². The second kappa shape index (κ2) is 7.11. The molecule has 0 aliphatic rings. The van der Waals surface area contributed by atoms with E-state index >= 15 is 0 Å². The minimum atomic E-state index is -4.15. The lowest BCUT2D eigenvalue weighted by atomic mass is 9.91. The molecule has 120 valence electrons. The molecule has 0 radical (unpaired) electrons. The van der Waals surface area contributed by atoms with Crippen LogP contribution in [-0.2, 0) is 0 Å². The van der Waals surface area contributed by atoms with Gasteiger partial charge in [0.15, 0.2) is 0 Å². The molecule has 1 atom stereocenters. The molecule has 0 heterocycles. The van der Waals surface area contributed by atoms with Crippen molar-refractivity contribution >= 4 is 5.69 Å². The van der Waals surface area contributed by atoms with E-state index in [-0.39, 0.29) is 18.8 Å². The standard InChI is InChI=1S/C15H22F4N2/c1-3-21(13-7-5-12(16)6-8-13)14(2,11-20)9-4-10-15(17,18)19/h5-8H,3-4,9-11,20H2,1-2H3. The van der Waals surface area contributed by atoms with Crippen molar-refractivity contribution < 1.29 is 17.6 Å². The van der Waals surface area contributed by atoms with Gasteiger partial charge in [-0.25, -0.2) is 4.39 Å². The fraction of sp³-hybridized carbons (Fsp3) is 0.600. The Morgan fingerprint density at radius 3 is 2.10 bits per heavy atom. The molecule has 0 saturated carbocycles. The van der Waals surface area contributed by atoms with E-state index in [0.717, 1.165) is 5.69 Å². The Morgan fingerprint density at radius 1 is 1.10 bits per heavy atom. The van der Waals surface area contributed by atoms with E-state index in [1.54, 1.807) is 12.1 Å². The number of likely N-dealkylation sites (N-methyl/N-ethyl adjacent to an activating group) is 1. The number of halogens is 4. The number of alkyl halides is 3. The predicted octanol–water partition coefficient (Wildman–Crippen LogP) is 4.10. The van der Waals surface area contributed by atoms with Crippen LogP contribution in [0.5, 0.6) is 0 Å². The monoisotopic (exact) mass is 306 g/mol. The van der Waals surface area contributed by atoms with Crippen molar-refractivity contribution in [2.75, 3.05) is 18.0 Å². The number of rotatable bonds is 7. The van der Waals surface area contributed by atoms with Crippen molar-refractivity contribution in [1.82, 2.24) is 0 Å². The van der Waals surface area contributed by atoms with Gasteiger partial charge in [-0.1, -0.05) is 0 Å². The quantitative estimate of drug-likeness (QED) is 0.768. The largest absolute Gasteiger partial charge is 0.389 e. The van der Waals surface area contributed by atoms with Crippen LogP contribution in [0.15, 0.2) is 24.3 Å². The smallest absolute Gasteiger partial charge is 0.365 e. The van der Waals surface area contributed by atoms with E-state index < -0.39 is 18.1 Å². The minimum absolute atomic E-state index is 0.0227. The Hall–Kier alpha value is -1.30. The van der Waals surface area contributed by atoms with Crippen molar-refractivity contribution in [1.29, 1.82) is 0 Å². The summed E-state index contributed by atoms with van der Waals surface area (Å²) in [5, 5.41) is 0. The van der Waals surface area contributed by atoms with Crippen LogP contribution in [0.3, 0.4) is 0 Å². The van der Waals surface area contributed by atoms with Crippen molar-refractivity contribution in [3.05, 3.63) is 30.1 Å². The molecule has 2 nitrogen and oxygen atoms in total. The lowest BCUT2D eigenvalue weighted by Gasteiger charge is -2.42. The Bertz CT molecular complexity index is 430. The SMILES string of the molecule is CCN(c1ccc(F)cc1)C(C)(CN)CCCC(F)(F)F. The van der Waals surface area contributed by atoms with Crippen molar-refractivity contribution in [3.8, 4) is 0 Å². The lowest BCUT2D eigenvalue weighted by molar-refractivity contribution is -0.136. The first kappa shape index (κ1) is 17.8. The molecule has 0 spiro atoms. The van der Waals surface area contributed by atoms with Crippen LogP contribution >= 0.6 is 0 Å². The van der Waals surface area contributed by atoms with Crippen LogP contribution in [0.25, 0.3) is 0 Å². The molecule has 6 heteroatoms. The van der Waals surface area contributed by atoms with Crippen molar-refractivity contribution in [2.24, 2.45) is 5.73 Å². The molecule has 0 fully saturated rings. The van der Waals surface area contributed by atoms with Gasteiger partial charge in [-0.2, -0.15) is 13.2 Å². The van der Waals surface area contributed by atoms with Gasteiger partial charge in [0.1, 0.15) is 5.82 Å². The second-order valence-corrected chi connectivity index (χ2v) is 5.39. The highest BCUT2D eigenvalue weighted by Crippen LogP contribution is 2.30. The topological polar surface area (TPSA) is 29.3 Å². The maximum atomic E-state index is 13.0. The van der Waals surface area contributed by atoms with Gasteiger partial charge < -0.3 is 10.6 Å². The molecule has 0 aliphatic heterocycles. The van der Waals surface area contributed by atoms with E-state index in [9.17, 15) is 17.6 Å². The summed E-state index contributed by atoms with van der Waals surface area (Å²) in [5.74, 6) is -0.346. The van der Waals surface area contributed by atoms with E-state index in [2.05, 4.69) is 0 Å². The number of benzene rings is 1. The van der Waals surface area contributed by atoms with E-state index in [4.69, 9.17) is 5.73 Å². The first-order valence-electron chi connectivity index (χ1n) is 7.02. The number of hydrogen-bond acceptors (Lipinski definition) is 2. The van der Waals surface area contributed by atoms with Crippen LogP contribution in [0.1, 0.15) is 33.1 Å². The maximum absolute atomic E-state index is 13.0. The Morgan fingerprint density at radius 2 is 1.67 bits per heavy atom. The number of nitrogens with two attached hydrogens (primary N) is 1. The molecule has 0 saturated heterocycles. The highest BCUT2D eigenvalue weighted by atomic mass is 19.4. The molecule has 1 aromatic carbocycles. The van der Waals surface area contributed by atoms with E-state index in [0.29, 0.717) is 13.0 Å². The zero-order valence-electron chi connectivity index (χ0n) is 12.4. The summed E-state index contributed by atoms with van der Waals surface area (Å²) in [6, 6.07) is 5.92. The van der Waals surface area contributed by atoms with Gasteiger partial charge in [-0.3, -0.25) is 0 Å². The fourth-order valence-electron chi connectivity index (χ4n) is 2.51. The van der Waals surface area contributed by atoms with Crippen LogP contribution in [0, 0.1) is 5.82 Å². The molecule has 0 bridgehead atoms. The molecular formula is C15H22F4N2. The molecule has 0 aromatic heterocycles. The van der Waals surface area contributed by atoms with Crippen LogP contribution in [0.2, 0.25) is 0 Å². The first-order chi connectivity index (χ1) is 9.72. The van der Waals surface area contributed by atoms with E-state index in [1.807, 2.05) is 18.7 Å². The Balaban J connectivity index is 2.84. The zero-order valence-corrected chi connectivity index (χ0v) is 12.4. The van der Waals surface area contributed by atoms with Gasteiger partial charge >= 0.3 is 6.18 Å². The zero-order chi connectivity index (χ0) is 16.1. The Kier molecular flexibility index (Phi) is 6.01. The number of nitrogens with zero attached hydrogens (tertiary/aromatic N) is 1. The molecule has 1 rings (SSSR count). The third-order valence-corrected chi connectivity index (χ3v) is 3.72. The average molecular weight is 306 g/mol. The molecule has 2 N–H and O–H groups in total. The van der Waals surface area contributed by atoms with Gasteiger partial charge in [0, 0.05) is 30.7 Å². The summed E-state index contributed by atoms with van der Waals surface area (Å²) in [7, 11) is 0. The van der Waals surface area contributed by atoms with Crippen molar-refractivity contribution in [2.45, 2.75) is 44.8 Å². The molecule has 1 aromatic rings. The van der Waals surface area contributed by atoms with Gasteiger partial charge in [-0.05, 0) is 51.0 Å². The summed E-state index contributed by atoms with van der Waals surface area (Å²) in [6.45, 7) is 4.57. The van der Waals surface area contributed by atoms with Gasteiger partial charge in [0.25, 0.3) is 0 Å². The third-order valence-electron chi connectivity index (χ3n) is 3.72. The summed E-state index contributed by atoms with van der Waals surface area (Å²) in [4.78, 5) is 1.93. The highest BCUT2D eigenvalue weighted by molar-refractivity contribution is 5.49. The first-order valence-corrected chi connectivity index (χ1v) is 7.02. The molecule has 0 amide bonds. The fourth-order valence-corrected chi connectivity index (χ4v) is 2.51. The summed E-state index contributed by atoms with van der Waals surface area (Å²) in [5.41, 5.74) is 5.98. The molecule has 21 heavy (non-hydrogen) atoms. The van der Waals surface area contributed by atoms with E-state index in [1.165, 1.54) is 12.1 Å². The van der Waals surface area contributed by atoms with Gasteiger partial charge in [-0.15, -0.1) is 0 Å². The summed E-state index contributed by atoms with van der Waals surface area (Å²) >= 11 is 0. The number of hydrogen-bond donors (Lipinski definition) is 1. The van der Waals surface area contributed by atoms with Crippen LogP contribution < -0.4 is 10.6 Å². The molecule has 0 aliphatic carbocycles. The maximum Gasteiger partial charge on any atom is 0.389 e. The molecule has 1 unspecified atom stereocenters. The molecular weight excluding hydrogens is 284 g/mol. The second-order valence-electron chi connectivity index (χ2n) is 5.39. The number of anilines is 1. The average Bonchev–Trinajstić information content (AvgIpc) is 2.40. The highest BCUT2D eigenvalue weighted by Gasteiger charge is 2.32. The minimum Gasteiger partial charge on any atom is -0.365 e.